The Hall–Kier alpha value is -2.76. The summed E-state index contributed by atoms with van der Waals surface area (Å²) in [6.45, 7) is 2.15. The zero-order valence-electron chi connectivity index (χ0n) is 11.0. The van der Waals surface area contributed by atoms with E-state index in [1.54, 1.807) is 24.3 Å². The molecule has 6 nitrogen and oxygen atoms in total. The summed E-state index contributed by atoms with van der Waals surface area (Å²) in [6, 6.07) is 8.85. The summed E-state index contributed by atoms with van der Waals surface area (Å²) in [5.74, 6) is 1.13. The summed E-state index contributed by atoms with van der Waals surface area (Å²) in [5.41, 5.74) is 7.89. The van der Waals surface area contributed by atoms with E-state index in [9.17, 15) is 4.79 Å². The lowest BCUT2D eigenvalue weighted by atomic mass is 10.1. The number of aromatic nitrogens is 1. The van der Waals surface area contributed by atoms with Crippen LogP contribution in [0.2, 0.25) is 0 Å². The third kappa shape index (κ3) is 3.61. The third-order valence-corrected chi connectivity index (χ3v) is 2.66. The van der Waals surface area contributed by atoms with Gasteiger partial charge in [-0.1, -0.05) is 12.1 Å². The first-order chi connectivity index (χ1) is 9.54. The van der Waals surface area contributed by atoms with Crippen LogP contribution in [-0.2, 0) is 6.54 Å². The molecule has 0 radical (unpaired) electrons. The molecular weight excluding hydrogens is 258 g/mol. The standard InChI is InChI=1S/C14H15N3O3/c1-9-6-10(7-17-14(18)19)2-4-12(9)20-13-5-3-11(15)8-16-13/h2-6,8,17H,7,15H2,1H3,(H,18,19). The molecule has 0 aliphatic carbocycles. The predicted octanol–water partition coefficient (Wildman–Crippen LogP) is 2.53. The lowest BCUT2D eigenvalue weighted by molar-refractivity contribution is 0.194. The Morgan fingerprint density at radius 3 is 2.80 bits per heavy atom. The molecule has 0 bridgehead atoms. The third-order valence-electron chi connectivity index (χ3n) is 2.66. The minimum Gasteiger partial charge on any atom is -0.465 e. The fourth-order valence-corrected chi connectivity index (χ4v) is 1.68. The van der Waals surface area contributed by atoms with E-state index in [-0.39, 0.29) is 6.54 Å². The van der Waals surface area contributed by atoms with Crippen molar-refractivity contribution in [3.8, 4) is 11.6 Å². The number of pyridine rings is 1. The summed E-state index contributed by atoms with van der Waals surface area (Å²) < 4.78 is 5.64. The molecule has 0 aliphatic heterocycles. The minimum atomic E-state index is -1.05. The van der Waals surface area contributed by atoms with Gasteiger partial charge in [-0.25, -0.2) is 9.78 Å². The quantitative estimate of drug-likeness (QED) is 0.795. The summed E-state index contributed by atoms with van der Waals surface area (Å²) in [5, 5.41) is 10.9. The Morgan fingerprint density at radius 2 is 2.20 bits per heavy atom. The molecule has 20 heavy (non-hydrogen) atoms. The number of carbonyl (C=O) groups is 1. The van der Waals surface area contributed by atoms with Crippen LogP contribution in [0.5, 0.6) is 11.6 Å². The van der Waals surface area contributed by atoms with Crippen LogP contribution in [0, 0.1) is 6.92 Å². The molecule has 2 aromatic rings. The second-order valence-corrected chi connectivity index (χ2v) is 4.29. The maximum Gasteiger partial charge on any atom is 0.404 e. The lowest BCUT2D eigenvalue weighted by Gasteiger charge is -2.10. The van der Waals surface area contributed by atoms with Gasteiger partial charge in [0.2, 0.25) is 5.88 Å². The van der Waals surface area contributed by atoms with Gasteiger partial charge in [-0.3, -0.25) is 0 Å². The Labute approximate surface area is 116 Å². The van der Waals surface area contributed by atoms with Crippen molar-refractivity contribution in [1.82, 2.24) is 10.3 Å². The zero-order chi connectivity index (χ0) is 14.5. The number of benzene rings is 1. The molecule has 0 fully saturated rings. The SMILES string of the molecule is Cc1cc(CNC(=O)O)ccc1Oc1ccc(N)cn1. The Kier molecular flexibility index (Phi) is 4.05. The Bertz CT molecular complexity index is 612. The highest BCUT2D eigenvalue weighted by Gasteiger charge is 2.04. The minimum absolute atomic E-state index is 0.260. The highest BCUT2D eigenvalue weighted by molar-refractivity contribution is 5.64. The molecule has 0 unspecified atom stereocenters. The van der Waals surface area contributed by atoms with Gasteiger partial charge in [0.15, 0.2) is 0 Å². The number of rotatable bonds is 4. The first-order valence-electron chi connectivity index (χ1n) is 6.00. The van der Waals surface area contributed by atoms with Gasteiger partial charge < -0.3 is 20.9 Å². The number of nitrogens with one attached hydrogen (secondary N) is 1. The fourth-order valence-electron chi connectivity index (χ4n) is 1.68. The highest BCUT2D eigenvalue weighted by atomic mass is 16.5. The maximum absolute atomic E-state index is 10.4. The Balaban J connectivity index is 2.09. The van der Waals surface area contributed by atoms with Gasteiger partial charge in [0, 0.05) is 12.6 Å². The lowest BCUT2D eigenvalue weighted by Crippen LogP contribution is -2.19. The summed E-state index contributed by atoms with van der Waals surface area (Å²) in [4.78, 5) is 14.5. The van der Waals surface area contributed by atoms with Gasteiger partial charge in [0.25, 0.3) is 0 Å². The van der Waals surface area contributed by atoms with Crippen LogP contribution in [0.4, 0.5) is 10.5 Å². The molecule has 4 N–H and O–H groups in total. The molecule has 1 aromatic carbocycles. The van der Waals surface area contributed by atoms with E-state index < -0.39 is 6.09 Å². The largest absolute Gasteiger partial charge is 0.465 e. The van der Waals surface area contributed by atoms with Crippen LogP contribution in [0.15, 0.2) is 36.5 Å². The van der Waals surface area contributed by atoms with E-state index in [0.29, 0.717) is 17.3 Å². The molecule has 0 atom stereocenters. The smallest absolute Gasteiger partial charge is 0.404 e. The molecule has 104 valence electrons. The first kappa shape index (κ1) is 13.7. The van der Waals surface area contributed by atoms with Gasteiger partial charge in [-0.15, -0.1) is 0 Å². The number of carboxylic acid groups (broad SMARTS) is 1. The second kappa shape index (κ2) is 5.92. The number of nitrogens with two attached hydrogens (primary N) is 1. The van der Waals surface area contributed by atoms with Crippen LogP contribution in [0.1, 0.15) is 11.1 Å². The molecule has 1 aromatic heterocycles. The van der Waals surface area contributed by atoms with E-state index in [4.69, 9.17) is 15.6 Å². The average Bonchev–Trinajstić information content (AvgIpc) is 2.41. The molecule has 0 aliphatic rings. The van der Waals surface area contributed by atoms with Gasteiger partial charge in [0.05, 0.1) is 11.9 Å². The molecule has 6 heteroatoms. The normalized spacial score (nSPS) is 10.1. The van der Waals surface area contributed by atoms with Crippen molar-refractivity contribution in [2.24, 2.45) is 0 Å². The average molecular weight is 273 g/mol. The number of hydrogen-bond donors (Lipinski definition) is 3. The van der Waals surface area contributed by atoms with Crippen LogP contribution in [0.25, 0.3) is 0 Å². The van der Waals surface area contributed by atoms with Crippen LogP contribution in [0.3, 0.4) is 0 Å². The van der Waals surface area contributed by atoms with Crippen molar-refractivity contribution < 1.29 is 14.6 Å². The number of nitrogen functional groups attached to an aromatic ring is 1. The van der Waals surface area contributed by atoms with Crippen molar-refractivity contribution in [3.63, 3.8) is 0 Å². The van der Waals surface area contributed by atoms with Gasteiger partial charge in [0.1, 0.15) is 5.75 Å². The van der Waals surface area contributed by atoms with E-state index in [0.717, 1.165) is 11.1 Å². The molecular formula is C14H15N3O3. The molecule has 0 spiro atoms. The van der Waals surface area contributed by atoms with Crippen molar-refractivity contribution in [3.05, 3.63) is 47.7 Å². The number of nitrogens with zero attached hydrogens (tertiary/aromatic N) is 1. The van der Waals surface area contributed by atoms with Crippen molar-refractivity contribution >= 4 is 11.8 Å². The maximum atomic E-state index is 10.4. The van der Waals surface area contributed by atoms with Gasteiger partial charge >= 0.3 is 6.09 Å². The van der Waals surface area contributed by atoms with Crippen molar-refractivity contribution in [2.45, 2.75) is 13.5 Å². The van der Waals surface area contributed by atoms with Crippen molar-refractivity contribution in [2.75, 3.05) is 5.73 Å². The molecule has 0 saturated carbocycles. The predicted molar refractivity (Wildman–Crippen MR) is 74.8 cm³/mol. The topological polar surface area (TPSA) is 97.5 Å². The summed E-state index contributed by atoms with van der Waals surface area (Å²) >= 11 is 0. The van der Waals surface area contributed by atoms with E-state index in [1.165, 1.54) is 6.20 Å². The van der Waals surface area contributed by atoms with Crippen LogP contribution in [-0.4, -0.2) is 16.2 Å². The van der Waals surface area contributed by atoms with E-state index in [2.05, 4.69) is 10.3 Å². The van der Waals surface area contributed by atoms with Crippen molar-refractivity contribution in [1.29, 1.82) is 0 Å². The van der Waals surface area contributed by atoms with Crippen LogP contribution < -0.4 is 15.8 Å². The number of amides is 1. The monoisotopic (exact) mass is 273 g/mol. The van der Waals surface area contributed by atoms with Crippen LogP contribution >= 0.6 is 0 Å². The molecule has 0 saturated heterocycles. The molecule has 1 heterocycles. The van der Waals surface area contributed by atoms with Gasteiger partial charge in [-0.05, 0) is 30.2 Å². The molecule has 2 rings (SSSR count). The second-order valence-electron chi connectivity index (χ2n) is 4.29. The van der Waals surface area contributed by atoms with E-state index >= 15 is 0 Å². The summed E-state index contributed by atoms with van der Waals surface area (Å²) in [6.07, 6.45) is 0.476. The first-order valence-corrected chi connectivity index (χ1v) is 6.00. The highest BCUT2D eigenvalue weighted by Crippen LogP contribution is 2.24. The zero-order valence-corrected chi connectivity index (χ0v) is 11.0. The number of hydrogen-bond acceptors (Lipinski definition) is 4. The summed E-state index contributed by atoms with van der Waals surface area (Å²) in [7, 11) is 0. The fraction of sp³-hybridized carbons (Fsp3) is 0.143. The number of ether oxygens (including phenoxy) is 1. The number of aryl methyl sites for hydroxylation is 1. The van der Waals surface area contributed by atoms with Gasteiger partial charge in [-0.2, -0.15) is 0 Å². The van der Waals surface area contributed by atoms with E-state index in [1.807, 2.05) is 13.0 Å². The molecule has 1 amide bonds. The number of anilines is 1. The Morgan fingerprint density at radius 1 is 1.40 bits per heavy atom.